The van der Waals surface area contributed by atoms with Crippen LogP contribution in [0.3, 0.4) is 0 Å². The van der Waals surface area contributed by atoms with E-state index in [2.05, 4.69) is 10.2 Å². The first-order valence-electron chi connectivity index (χ1n) is 5.96. The zero-order chi connectivity index (χ0) is 13.8. The number of benzene rings is 1. The van der Waals surface area contributed by atoms with Gasteiger partial charge in [-0.15, -0.1) is 5.10 Å². The molecule has 0 bridgehead atoms. The fourth-order valence-corrected chi connectivity index (χ4v) is 2.76. The minimum atomic E-state index is -0.311. The molecule has 0 unspecified atom stereocenters. The van der Waals surface area contributed by atoms with Gasteiger partial charge in [0, 0.05) is 11.4 Å². The van der Waals surface area contributed by atoms with Gasteiger partial charge in [-0.3, -0.25) is 4.57 Å². The number of nitrogens with zero attached hydrogens (tertiary/aromatic N) is 2. The van der Waals surface area contributed by atoms with Gasteiger partial charge < -0.3 is 5.73 Å². The molecule has 0 aliphatic rings. The highest BCUT2D eigenvalue weighted by molar-refractivity contribution is 7.99. The summed E-state index contributed by atoms with van der Waals surface area (Å²) < 4.78 is 15.0. The normalized spacial score (nSPS) is 10.9. The summed E-state index contributed by atoms with van der Waals surface area (Å²) in [6.07, 6.45) is 0.618. The molecule has 0 amide bonds. The summed E-state index contributed by atoms with van der Waals surface area (Å²) in [7, 11) is 0. The van der Waals surface area contributed by atoms with Gasteiger partial charge in [-0.25, -0.2) is 14.3 Å². The van der Waals surface area contributed by atoms with E-state index in [1.165, 1.54) is 28.5 Å². The zero-order valence-corrected chi connectivity index (χ0v) is 11.3. The Morgan fingerprint density at radius 3 is 2.95 bits per heavy atom. The maximum atomic E-state index is 13.5. The monoisotopic (exact) mass is 282 g/mol. The van der Waals surface area contributed by atoms with Gasteiger partial charge in [0.2, 0.25) is 0 Å². The molecular formula is C12H15FN4OS. The van der Waals surface area contributed by atoms with Gasteiger partial charge in [-0.1, -0.05) is 0 Å². The molecule has 0 spiro atoms. The molecule has 7 heteroatoms. The molecule has 2 aromatic rings. The van der Waals surface area contributed by atoms with Crippen LogP contribution in [0.5, 0.6) is 0 Å². The lowest BCUT2D eigenvalue weighted by Gasteiger charge is -2.05. The maximum absolute atomic E-state index is 13.5. The van der Waals surface area contributed by atoms with Crippen molar-refractivity contribution in [3.8, 4) is 0 Å². The molecule has 0 aliphatic heterocycles. The van der Waals surface area contributed by atoms with E-state index in [0.717, 1.165) is 5.56 Å². The Labute approximate surface area is 114 Å². The van der Waals surface area contributed by atoms with E-state index in [9.17, 15) is 9.18 Å². The molecule has 0 aliphatic carbocycles. The number of nitrogens with one attached hydrogen (secondary N) is 1. The van der Waals surface area contributed by atoms with E-state index < -0.39 is 0 Å². The van der Waals surface area contributed by atoms with E-state index in [1.54, 1.807) is 0 Å². The van der Waals surface area contributed by atoms with Crippen LogP contribution in [-0.4, -0.2) is 21.3 Å². The molecule has 0 radical (unpaired) electrons. The Balaban J connectivity index is 2.29. The molecule has 5 nitrogen and oxygen atoms in total. The van der Waals surface area contributed by atoms with Crippen LogP contribution in [0, 0.1) is 5.82 Å². The lowest BCUT2D eigenvalue weighted by atomic mass is 10.1. The average Bonchev–Trinajstić information content (AvgIpc) is 2.69. The third-order valence-electron chi connectivity index (χ3n) is 2.61. The number of hydrogen-bond acceptors (Lipinski definition) is 4. The van der Waals surface area contributed by atoms with E-state index in [0.29, 0.717) is 29.6 Å². The van der Waals surface area contributed by atoms with Crippen molar-refractivity contribution in [3.63, 3.8) is 0 Å². The maximum Gasteiger partial charge on any atom is 0.343 e. The number of halogens is 1. The van der Waals surface area contributed by atoms with Crippen molar-refractivity contribution in [3.05, 3.63) is 40.1 Å². The first-order chi connectivity index (χ1) is 9.13. The second-order valence-electron chi connectivity index (χ2n) is 3.99. The second kappa shape index (κ2) is 6.03. The van der Waals surface area contributed by atoms with E-state index in [1.807, 2.05) is 13.0 Å². The topological polar surface area (TPSA) is 76.7 Å². The molecule has 19 heavy (non-hydrogen) atoms. The van der Waals surface area contributed by atoms with Gasteiger partial charge in [0.1, 0.15) is 5.82 Å². The van der Waals surface area contributed by atoms with Gasteiger partial charge in [0.25, 0.3) is 0 Å². The Kier molecular flexibility index (Phi) is 4.39. The Morgan fingerprint density at radius 2 is 2.26 bits per heavy atom. The molecule has 0 fully saturated rings. The lowest BCUT2D eigenvalue weighted by molar-refractivity contribution is 0.621. The summed E-state index contributed by atoms with van der Waals surface area (Å²) in [4.78, 5) is 12.1. The molecule has 102 valence electrons. The van der Waals surface area contributed by atoms with Gasteiger partial charge >= 0.3 is 5.69 Å². The van der Waals surface area contributed by atoms with Gasteiger partial charge in [-0.05, 0) is 55.4 Å². The fourth-order valence-electron chi connectivity index (χ4n) is 1.76. The van der Waals surface area contributed by atoms with Crippen molar-refractivity contribution in [2.24, 2.45) is 5.73 Å². The van der Waals surface area contributed by atoms with E-state index in [4.69, 9.17) is 5.73 Å². The first kappa shape index (κ1) is 13.8. The van der Waals surface area contributed by atoms with Crippen molar-refractivity contribution < 1.29 is 4.39 Å². The van der Waals surface area contributed by atoms with Crippen LogP contribution < -0.4 is 11.4 Å². The highest BCUT2D eigenvalue weighted by Crippen LogP contribution is 2.26. The number of aromatic amines is 1. The average molecular weight is 282 g/mol. The van der Waals surface area contributed by atoms with Crippen molar-refractivity contribution in [1.82, 2.24) is 14.8 Å². The fraction of sp³-hybridized carbons (Fsp3) is 0.333. The van der Waals surface area contributed by atoms with Crippen LogP contribution >= 0.6 is 11.8 Å². The summed E-state index contributed by atoms with van der Waals surface area (Å²) in [5.74, 6) is -0.311. The van der Waals surface area contributed by atoms with Crippen LogP contribution in [-0.2, 0) is 13.0 Å². The van der Waals surface area contributed by atoms with Crippen molar-refractivity contribution in [2.45, 2.75) is 29.9 Å². The Morgan fingerprint density at radius 1 is 1.47 bits per heavy atom. The largest absolute Gasteiger partial charge is 0.343 e. The highest BCUT2D eigenvalue weighted by atomic mass is 32.2. The third-order valence-corrected chi connectivity index (χ3v) is 3.58. The van der Waals surface area contributed by atoms with Crippen LogP contribution in [0.4, 0.5) is 4.39 Å². The smallest absolute Gasteiger partial charge is 0.330 e. The minimum Gasteiger partial charge on any atom is -0.330 e. The van der Waals surface area contributed by atoms with Crippen LogP contribution in [0.2, 0.25) is 0 Å². The first-order valence-corrected chi connectivity index (χ1v) is 6.78. The van der Waals surface area contributed by atoms with Crippen LogP contribution in [0.25, 0.3) is 0 Å². The summed E-state index contributed by atoms with van der Waals surface area (Å²) in [6, 6.07) is 4.75. The van der Waals surface area contributed by atoms with E-state index in [-0.39, 0.29) is 11.5 Å². The Hall–Kier alpha value is -1.60. The Bertz CT molecular complexity index is 622. The molecule has 2 rings (SSSR count). The molecule has 1 aromatic carbocycles. The molecular weight excluding hydrogens is 267 g/mol. The number of aromatic nitrogens is 3. The molecule has 0 saturated carbocycles. The molecule has 3 N–H and O–H groups in total. The number of hydrogen-bond donors (Lipinski definition) is 2. The molecule has 1 heterocycles. The third kappa shape index (κ3) is 3.24. The number of nitrogens with two attached hydrogens (primary N) is 1. The van der Waals surface area contributed by atoms with Crippen molar-refractivity contribution in [1.29, 1.82) is 0 Å². The number of rotatable bonds is 5. The number of H-pyrrole nitrogens is 1. The standard InChI is InChI=1S/C12H15FN4OS/c1-2-17-11(18)15-16-12(17)19-10-6-8(3-4-14)5-9(13)7-10/h5-7H,2-4,14H2,1H3,(H,15,18). The molecule has 1 aromatic heterocycles. The van der Waals surface area contributed by atoms with E-state index >= 15 is 0 Å². The van der Waals surface area contributed by atoms with Crippen molar-refractivity contribution in [2.75, 3.05) is 6.54 Å². The minimum absolute atomic E-state index is 0.261. The summed E-state index contributed by atoms with van der Waals surface area (Å²) in [5.41, 5.74) is 6.05. The predicted octanol–water partition coefficient (Wildman–Crippen LogP) is 1.38. The second-order valence-corrected chi connectivity index (χ2v) is 5.03. The lowest BCUT2D eigenvalue weighted by Crippen LogP contribution is -2.16. The van der Waals surface area contributed by atoms with Gasteiger partial charge in [0.15, 0.2) is 5.16 Å². The molecule has 0 atom stereocenters. The van der Waals surface area contributed by atoms with Crippen molar-refractivity contribution >= 4 is 11.8 Å². The quantitative estimate of drug-likeness (QED) is 0.868. The van der Waals surface area contributed by atoms with Crippen LogP contribution in [0.15, 0.2) is 33.0 Å². The predicted molar refractivity (Wildman–Crippen MR) is 71.8 cm³/mol. The van der Waals surface area contributed by atoms with Crippen LogP contribution in [0.1, 0.15) is 12.5 Å². The summed E-state index contributed by atoms with van der Waals surface area (Å²) >= 11 is 1.25. The summed E-state index contributed by atoms with van der Waals surface area (Å²) in [5, 5.41) is 6.84. The molecule has 0 saturated heterocycles. The summed E-state index contributed by atoms with van der Waals surface area (Å²) in [6.45, 7) is 2.84. The zero-order valence-electron chi connectivity index (χ0n) is 10.5. The highest BCUT2D eigenvalue weighted by Gasteiger charge is 2.10. The SMILES string of the molecule is CCn1c(Sc2cc(F)cc(CCN)c2)n[nH]c1=O. The van der Waals surface area contributed by atoms with Gasteiger partial charge in [-0.2, -0.15) is 0 Å². The van der Waals surface area contributed by atoms with Gasteiger partial charge in [0.05, 0.1) is 0 Å².